The van der Waals surface area contributed by atoms with E-state index in [1.807, 2.05) is 54.0 Å². The van der Waals surface area contributed by atoms with Gasteiger partial charge in [-0.3, -0.25) is 9.69 Å². The first kappa shape index (κ1) is 27.6. The fourth-order valence-corrected chi connectivity index (χ4v) is 7.20. The van der Waals surface area contributed by atoms with Crippen LogP contribution in [-0.2, 0) is 11.2 Å². The molecule has 2 saturated heterocycles. The number of β-amino-alcohol motifs (C(OH)–C–C–N with tert-alkyl or cyclic N) is 1. The summed E-state index contributed by atoms with van der Waals surface area (Å²) >= 11 is 3.11. The van der Waals surface area contributed by atoms with E-state index in [4.69, 9.17) is 15.1 Å². The lowest BCUT2D eigenvalue weighted by molar-refractivity contribution is -0.142. The van der Waals surface area contributed by atoms with Gasteiger partial charge in [-0.05, 0) is 38.4 Å². The Morgan fingerprint density at radius 2 is 2.05 bits per heavy atom. The Balaban J connectivity index is 1.20. The Bertz CT molecular complexity index is 1630. The Morgan fingerprint density at radius 3 is 2.78 bits per heavy atom. The topological polar surface area (TPSA) is 117 Å². The van der Waals surface area contributed by atoms with E-state index in [0.29, 0.717) is 25.2 Å². The van der Waals surface area contributed by atoms with Crippen LogP contribution in [0.15, 0.2) is 23.6 Å². The van der Waals surface area contributed by atoms with Crippen molar-refractivity contribution in [3.05, 3.63) is 40.4 Å². The molecule has 1 N–H and O–H groups in total. The van der Waals surface area contributed by atoms with Crippen molar-refractivity contribution < 1.29 is 9.90 Å². The number of hydrogen-bond acceptors (Lipinski definition) is 11. The van der Waals surface area contributed by atoms with Crippen molar-refractivity contribution in [3.8, 4) is 17.3 Å². The number of benzene rings is 1. The quantitative estimate of drug-likeness (QED) is 0.330. The number of carbonyl (C=O) groups excluding carboxylic acids is 1. The van der Waals surface area contributed by atoms with Gasteiger partial charge in [-0.2, -0.15) is 9.78 Å². The maximum absolute atomic E-state index is 12.5. The van der Waals surface area contributed by atoms with Crippen LogP contribution in [0.25, 0.3) is 16.2 Å². The van der Waals surface area contributed by atoms with Crippen LogP contribution in [-0.4, -0.2) is 99.4 Å². The van der Waals surface area contributed by atoms with Crippen molar-refractivity contribution in [3.63, 3.8) is 0 Å². The highest BCUT2D eigenvalue weighted by Gasteiger charge is 2.33. The number of aliphatic hydroxyl groups excluding tert-OH is 1. The second kappa shape index (κ2) is 11.0. The number of nitrogens with zero attached hydrogens (tertiary/aromatic N) is 9. The predicted octanol–water partition coefficient (Wildman–Crippen LogP) is 3.14. The maximum atomic E-state index is 12.5. The average molecular weight is 592 g/mol. The van der Waals surface area contributed by atoms with E-state index in [0.717, 1.165) is 69.5 Å². The number of imidazole rings is 1. The standard InChI is InChI=1S/C28H33N9O2S2/c1-5-22-25(34(4)26-31-23(16-40-26)21-7-6-17(2)10-18(21)11-29)37-27(30-22)41-28(32-37)35-9-8-19(12-35)33(3)15-24(39)36-13-20(38)14-36/h6-7,10,16,19-20,38H,5,8-9,12-15H2,1-4H3. The number of fused-ring (bicyclic) bond motifs is 1. The highest BCUT2D eigenvalue weighted by Crippen LogP contribution is 2.37. The van der Waals surface area contributed by atoms with Gasteiger partial charge in [0.15, 0.2) is 10.9 Å². The Labute approximate surface area is 246 Å². The molecule has 11 nitrogen and oxygen atoms in total. The monoisotopic (exact) mass is 591 g/mol. The normalized spacial score (nSPS) is 17.4. The van der Waals surface area contributed by atoms with Crippen LogP contribution in [0.5, 0.6) is 0 Å². The lowest BCUT2D eigenvalue weighted by Crippen LogP contribution is -2.56. The molecule has 5 heterocycles. The van der Waals surface area contributed by atoms with Crippen molar-refractivity contribution in [2.75, 3.05) is 56.6 Å². The van der Waals surface area contributed by atoms with E-state index < -0.39 is 0 Å². The molecular formula is C28H33N9O2S2. The first-order valence-corrected chi connectivity index (χ1v) is 15.4. The van der Waals surface area contributed by atoms with Crippen LogP contribution in [0.1, 0.15) is 30.2 Å². The summed E-state index contributed by atoms with van der Waals surface area (Å²) in [5.41, 5.74) is 4.23. The smallest absolute Gasteiger partial charge is 0.236 e. The first-order valence-electron chi connectivity index (χ1n) is 13.8. The molecule has 1 amide bonds. The second-order valence-corrected chi connectivity index (χ2v) is 12.6. The number of aryl methyl sites for hydroxylation is 2. The van der Waals surface area contributed by atoms with E-state index in [1.165, 1.54) is 11.3 Å². The van der Waals surface area contributed by atoms with Gasteiger partial charge < -0.3 is 19.8 Å². The van der Waals surface area contributed by atoms with Crippen molar-refractivity contribution in [2.24, 2.45) is 0 Å². The van der Waals surface area contributed by atoms with Gasteiger partial charge in [0, 0.05) is 50.2 Å². The predicted molar refractivity (Wildman–Crippen MR) is 161 cm³/mol. The SMILES string of the molecule is CCc1nc2sc(N3CCC(N(C)CC(=O)N4CC(O)C4)C3)nn2c1N(C)c1nc(-c2ccc(C)cc2C#N)cs1. The molecule has 0 aliphatic carbocycles. The second-order valence-electron chi connectivity index (χ2n) is 10.8. The van der Waals surface area contributed by atoms with Crippen LogP contribution in [0.3, 0.4) is 0 Å². The third-order valence-electron chi connectivity index (χ3n) is 7.90. The highest BCUT2D eigenvalue weighted by molar-refractivity contribution is 7.20. The summed E-state index contributed by atoms with van der Waals surface area (Å²) in [5.74, 6) is 0.964. The zero-order valence-electron chi connectivity index (χ0n) is 23.6. The van der Waals surface area contributed by atoms with Crippen LogP contribution >= 0.6 is 22.7 Å². The summed E-state index contributed by atoms with van der Waals surface area (Å²) in [4.78, 5) is 31.3. The summed E-state index contributed by atoms with van der Waals surface area (Å²) in [5, 5.41) is 27.8. The van der Waals surface area contributed by atoms with Gasteiger partial charge in [0.2, 0.25) is 16.0 Å². The molecule has 1 unspecified atom stereocenters. The summed E-state index contributed by atoms with van der Waals surface area (Å²) in [6.45, 7) is 6.96. The van der Waals surface area contributed by atoms with E-state index in [-0.39, 0.29) is 18.1 Å². The molecule has 0 radical (unpaired) electrons. The van der Waals surface area contributed by atoms with E-state index in [9.17, 15) is 15.2 Å². The van der Waals surface area contributed by atoms with Gasteiger partial charge in [0.25, 0.3) is 0 Å². The minimum atomic E-state index is -0.380. The lowest BCUT2D eigenvalue weighted by Gasteiger charge is -2.37. The summed E-state index contributed by atoms with van der Waals surface area (Å²) in [6, 6.07) is 8.40. The summed E-state index contributed by atoms with van der Waals surface area (Å²) < 4.78 is 1.92. The Hall–Kier alpha value is -3.57. The van der Waals surface area contributed by atoms with Gasteiger partial charge in [0.1, 0.15) is 0 Å². The van der Waals surface area contributed by atoms with Crippen molar-refractivity contribution >= 4 is 49.6 Å². The molecule has 0 bridgehead atoms. The highest BCUT2D eigenvalue weighted by atomic mass is 32.1. The van der Waals surface area contributed by atoms with Crippen molar-refractivity contribution in [2.45, 2.75) is 38.8 Å². The lowest BCUT2D eigenvalue weighted by atomic mass is 10.0. The molecule has 13 heteroatoms. The molecule has 2 fully saturated rings. The van der Waals surface area contributed by atoms with Crippen LogP contribution in [0.2, 0.25) is 0 Å². The Morgan fingerprint density at radius 1 is 1.24 bits per heavy atom. The van der Waals surface area contributed by atoms with Crippen molar-refractivity contribution in [1.29, 1.82) is 5.26 Å². The van der Waals surface area contributed by atoms with Crippen LogP contribution in [0.4, 0.5) is 16.1 Å². The largest absolute Gasteiger partial charge is 0.389 e. The van der Waals surface area contributed by atoms with E-state index in [2.05, 4.69) is 22.8 Å². The number of amides is 1. The molecule has 1 aromatic carbocycles. The number of aromatic nitrogens is 4. The van der Waals surface area contributed by atoms with Gasteiger partial charge in [0.05, 0.1) is 35.7 Å². The molecule has 3 aromatic heterocycles. The van der Waals surface area contributed by atoms with Crippen LogP contribution in [0, 0.1) is 18.3 Å². The Kier molecular flexibility index (Phi) is 7.41. The molecule has 0 spiro atoms. The number of carbonyl (C=O) groups is 1. The van der Waals surface area contributed by atoms with Gasteiger partial charge in [-0.1, -0.05) is 30.4 Å². The molecule has 2 aliphatic heterocycles. The number of likely N-dealkylation sites (N-methyl/N-ethyl adjacent to an activating group) is 1. The maximum Gasteiger partial charge on any atom is 0.236 e. The number of aliphatic hydroxyl groups is 1. The average Bonchev–Trinajstić information content (AvgIpc) is 3.73. The molecule has 2 aliphatic rings. The van der Waals surface area contributed by atoms with Gasteiger partial charge in [-0.15, -0.1) is 16.4 Å². The molecule has 214 valence electrons. The number of likely N-dealkylation sites (tertiary alicyclic amines) is 1. The number of nitriles is 1. The zero-order chi connectivity index (χ0) is 28.8. The van der Waals surface area contributed by atoms with Crippen molar-refractivity contribution in [1.82, 2.24) is 29.4 Å². The number of rotatable bonds is 8. The summed E-state index contributed by atoms with van der Waals surface area (Å²) in [6.07, 6.45) is 1.33. The molecule has 0 saturated carbocycles. The fraction of sp³-hybridized carbons (Fsp3) is 0.464. The van der Waals surface area contributed by atoms with Gasteiger partial charge in [-0.25, -0.2) is 9.97 Å². The van der Waals surface area contributed by atoms with Crippen LogP contribution < -0.4 is 9.80 Å². The zero-order valence-corrected chi connectivity index (χ0v) is 25.2. The fourth-order valence-electron chi connectivity index (χ4n) is 5.45. The molecule has 41 heavy (non-hydrogen) atoms. The molecule has 6 rings (SSSR count). The number of thiazole rings is 1. The summed E-state index contributed by atoms with van der Waals surface area (Å²) in [7, 11) is 3.98. The van der Waals surface area contributed by atoms with E-state index >= 15 is 0 Å². The first-order chi connectivity index (χ1) is 19.7. The molecular weight excluding hydrogens is 559 g/mol. The minimum absolute atomic E-state index is 0.0697. The van der Waals surface area contributed by atoms with E-state index in [1.54, 1.807) is 16.2 Å². The number of hydrogen-bond donors (Lipinski definition) is 1. The minimum Gasteiger partial charge on any atom is -0.389 e. The molecule has 1 atom stereocenters. The van der Waals surface area contributed by atoms with Gasteiger partial charge >= 0.3 is 0 Å². The third-order valence-corrected chi connectivity index (χ3v) is 9.78. The third kappa shape index (κ3) is 5.17. The number of anilines is 3. The molecule has 4 aromatic rings.